The standard InChI is InChI=1S/C22H19N7/c1-14(16-8-9-29-21(10-16)25-13-27-29)15-2-5-18(6-3-15)28-22-19-11-17(23)4-7-20(19)24-12-26-22/h2-14H,23H2,1H3,(H,24,26,28). The maximum atomic E-state index is 5.93. The van der Waals surface area contributed by atoms with Crippen LogP contribution in [0.2, 0.25) is 0 Å². The monoisotopic (exact) mass is 381 g/mol. The Morgan fingerprint density at radius 2 is 1.76 bits per heavy atom. The molecule has 1 atom stereocenters. The number of benzene rings is 2. The molecular weight excluding hydrogens is 362 g/mol. The molecule has 7 heteroatoms. The van der Waals surface area contributed by atoms with Gasteiger partial charge in [0, 0.05) is 28.9 Å². The molecule has 3 aromatic heterocycles. The van der Waals surface area contributed by atoms with Crippen molar-refractivity contribution in [1.82, 2.24) is 24.6 Å². The molecule has 0 radical (unpaired) electrons. The number of nitrogens with two attached hydrogens (primary N) is 1. The van der Waals surface area contributed by atoms with Crippen LogP contribution in [0.1, 0.15) is 24.0 Å². The number of hydrogen-bond donors (Lipinski definition) is 2. The molecule has 3 heterocycles. The fourth-order valence-electron chi connectivity index (χ4n) is 3.46. The first-order valence-electron chi connectivity index (χ1n) is 9.34. The van der Waals surface area contributed by atoms with E-state index in [0.717, 1.165) is 28.1 Å². The quantitative estimate of drug-likeness (QED) is 0.454. The van der Waals surface area contributed by atoms with Gasteiger partial charge in [0.25, 0.3) is 0 Å². The van der Waals surface area contributed by atoms with Gasteiger partial charge in [-0.15, -0.1) is 0 Å². The van der Waals surface area contributed by atoms with Crippen LogP contribution in [0, 0.1) is 0 Å². The Bertz CT molecular complexity index is 1310. The lowest BCUT2D eigenvalue weighted by Crippen LogP contribution is -2.00. The van der Waals surface area contributed by atoms with Crippen molar-refractivity contribution < 1.29 is 0 Å². The summed E-state index contributed by atoms with van der Waals surface area (Å²) in [4.78, 5) is 12.9. The summed E-state index contributed by atoms with van der Waals surface area (Å²) < 4.78 is 1.77. The number of fused-ring (bicyclic) bond motifs is 2. The molecule has 142 valence electrons. The lowest BCUT2D eigenvalue weighted by Gasteiger charge is -2.14. The molecule has 3 N–H and O–H groups in total. The van der Waals surface area contributed by atoms with Crippen molar-refractivity contribution in [1.29, 1.82) is 0 Å². The first kappa shape index (κ1) is 17.1. The number of anilines is 3. The SMILES string of the molecule is CC(c1ccc(Nc2ncnc3ccc(N)cc23)cc1)c1ccn2ncnc2c1. The number of pyridine rings is 1. The van der Waals surface area contributed by atoms with Crippen LogP contribution >= 0.6 is 0 Å². The minimum atomic E-state index is 0.241. The summed E-state index contributed by atoms with van der Waals surface area (Å²) in [5.41, 5.74) is 11.7. The van der Waals surface area contributed by atoms with Gasteiger partial charge >= 0.3 is 0 Å². The molecule has 0 amide bonds. The molecule has 29 heavy (non-hydrogen) atoms. The van der Waals surface area contributed by atoms with Crippen LogP contribution in [0.15, 0.2) is 73.4 Å². The van der Waals surface area contributed by atoms with Gasteiger partial charge in [-0.2, -0.15) is 5.10 Å². The van der Waals surface area contributed by atoms with Crippen molar-refractivity contribution in [2.75, 3.05) is 11.1 Å². The van der Waals surface area contributed by atoms with E-state index in [0.29, 0.717) is 5.69 Å². The molecule has 0 bridgehead atoms. The Morgan fingerprint density at radius 1 is 0.897 bits per heavy atom. The summed E-state index contributed by atoms with van der Waals surface area (Å²) in [7, 11) is 0. The van der Waals surface area contributed by atoms with Crippen molar-refractivity contribution in [3.63, 3.8) is 0 Å². The molecule has 0 saturated heterocycles. The van der Waals surface area contributed by atoms with Gasteiger partial charge in [0.15, 0.2) is 5.65 Å². The normalized spacial score (nSPS) is 12.3. The average Bonchev–Trinajstić information content (AvgIpc) is 3.22. The molecule has 1 unspecified atom stereocenters. The Labute approximate surface area is 167 Å². The smallest absolute Gasteiger partial charge is 0.155 e. The number of nitrogens with one attached hydrogen (secondary N) is 1. The molecule has 0 saturated carbocycles. The average molecular weight is 381 g/mol. The lowest BCUT2D eigenvalue weighted by atomic mass is 9.94. The van der Waals surface area contributed by atoms with Gasteiger partial charge in [0.2, 0.25) is 0 Å². The zero-order valence-electron chi connectivity index (χ0n) is 15.8. The first-order chi connectivity index (χ1) is 14.2. The molecule has 5 aromatic rings. The Kier molecular flexibility index (Phi) is 4.05. The molecule has 7 nitrogen and oxygen atoms in total. The van der Waals surface area contributed by atoms with Gasteiger partial charge in [-0.25, -0.2) is 19.5 Å². The lowest BCUT2D eigenvalue weighted by molar-refractivity contribution is 0.899. The maximum absolute atomic E-state index is 5.93. The number of rotatable bonds is 4. The Morgan fingerprint density at radius 3 is 2.62 bits per heavy atom. The van der Waals surface area contributed by atoms with E-state index in [1.54, 1.807) is 17.2 Å². The van der Waals surface area contributed by atoms with Crippen LogP contribution in [0.4, 0.5) is 17.2 Å². The van der Waals surface area contributed by atoms with Crippen LogP contribution in [-0.4, -0.2) is 24.6 Å². The summed E-state index contributed by atoms with van der Waals surface area (Å²) >= 11 is 0. The zero-order chi connectivity index (χ0) is 19.8. The van der Waals surface area contributed by atoms with E-state index in [4.69, 9.17) is 5.73 Å². The second kappa shape index (κ2) is 6.87. The van der Waals surface area contributed by atoms with E-state index in [1.807, 2.05) is 24.4 Å². The first-order valence-corrected chi connectivity index (χ1v) is 9.34. The van der Waals surface area contributed by atoms with Crippen molar-refractivity contribution in [3.8, 4) is 0 Å². The van der Waals surface area contributed by atoms with Crippen LogP contribution in [0.5, 0.6) is 0 Å². The van der Waals surface area contributed by atoms with Crippen LogP contribution in [0.25, 0.3) is 16.6 Å². The molecule has 0 fully saturated rings. The van der Waals surface area contributed by atoms with Crippen molar-refractivity contribution in [3.05, 3.63) is 84.6 Å². The van der Waals surface area contributed by atoms with Crippen LogP contribution < -0.4 is 11.1 Å². The molecule has 0 aliphatic carbocycles. The van der Waals surface area contributed by atoms with Crippen LogP contribution in [-0.2, 0) is 0 Å². The molecular formula is C22H19N7. The number of nitrogens with zero attached hydrogens (tertiary/aromatic N) is 5. The highest BCUT2D eigenvalue weighted by Crippen LogP contribution is 2.28. The molecule has 0 spiro atoms. The summed E-state index contributed by atoms with van der Waals surface area (Å²) in [6, 6.07) is 18.1. The highest BCUT2D eigenvalue weighted by atomic mass is 15.3. The summed E-state index contributed by atoms with van der Waals surface area (Å²) in [5.74, 6) is 0.978. The van der Waals surface area contributed by atoms with Gasteiger partial charge in [0.1, 0.15) is 18.5 Å². The third kappa shape index (κ3) is 3.23. The molecule has 5 rings (SSSR count). The largest absolute Gasteiger partial charge is 0.399 e. The third-order valence-electron chi connectivity index (χ3n) is 5.14. The maximum Gasteiger partial charge on any atom is 0.155 e. The van der Waals surface area contributed by atoms with Crippen molar-refractivity contribution >= 4 is 33.7 Å². The van der Waals surface area contributed by atoms with Gasteiger partial charge < -0.3 is 11.1 Å². The second-order valence-corrected chi connectivity index (χ2v) is 6.99. The van der Waals surface area contributed by atoms with Crippen LogP contribution in [0.3, 0.4) is 0 Å². The molecule has 0 aliphatic heterocycles. The number of aromatic nitrogens is 5. The minimum Gasteiger partial charge on any atom is -0.399 e. The third-order valence-corrected chi connectivity index (χ3v) is 5.14. The molecule has 2 aromatic carbocycles. The fraction of sp³-hybridized carbons (Fsp3) is 0.0909. The van der Waals surface area contributed by atoms with E-state index >= 15 is 0 Å². The Balaban J connectivity index is 1.41. The van der Waals surface area contributed by atoms with Crippen molar-refractivity contribution in [2.45, 2.75) is 12.8 Å². The van der Waals surface area contributed by atoms with E-state index in [-0.39, 0.29) is 5.92 Å². The highest BCUT2D eigenvalue weighted by Gasteiger charge is 2.11. The Hall–Kier alpha value is -4.00. The second-order valence-electron chi connectivity index (χ2n) is 6.99. The number of hydrogen-bond acceptors (Lipinski definition) is 6. The molecule has 0 aliphatic rings. The van der Waals surface area contributed by atoms with E-state index in [2.05, 4.69) is 68.7 Å². The van der Waals surface area contributed by atoms with Gasteiger partial charge in [-0.05, 0) is 53.6 Å². The predicted molar refractivity (Wildman–Crippen MR) is 114 cm³/mol. The van der Waals surface area contributed by atoms with Crippen molar-refractivity contribution in [2.24, 2.45) is 0 Å². The van der Waals surface area contributed by atoms with Gasteiger partial charge in [-0.1, -0.05) is 19.1 Å². The summed E-state index contributed by atoms with van der Waals surface area (Å²) in [5, 5.41) is 8.42. The zero-order valence-corrected chi connectivity index (χ0v) is 15.8. The number of nitrogen functional groups attached to an aromatic ring is 1. The van der Waals surface area contributed by atoms with Gasteiger partial charge in [-0.3, -0.25) is 0 Å². The predicted octanol–water partition coefficient (Wildman–Crippen LogP) is 4.15. The summed E-state index contributed by atoms with van der Waals surface area (Å²) in [6.45, 7) is 2.19. The topological polar surface area (TPSA) is 94.0 Å². The minimum absolute atomic E-state index is 0.241. The fourth-order valence-corrected chi connectivity index (χ4v) is 3.46. The highest BCUT2D eigenvalue weighted by molar-refractivity contribution is 5.92. The van der Waals surface area contributed by atoms with Gasteiger partial charge in [0.05, 0.1) is 5.52 Å². The van der Waals surface area contributed by atoms with E-state index in [1.165, 1.54) is 11.1 Å². The summed E-state index contributed by atoms with van der Waals surface area (Å²) in [6.07, 6.45) is 5.06. The van der Waals surface area contributed by atoms with E-state index in [9.17, 15) is 0 Å². The van der Waals surface area contributed by atoms with E-state index < -0.39 is 0 Å².